The molecule has 0 aliphatic carbocycles. The molecule has 1 atom stereocenters. The fraction of sp³-hybridized carbons (Fsp3) is 0.219. The fourth-order valence-electron chi connectivity index (χ4n) is 5.00. The largest absolute Gasteiger partial charge is 0.463 e. The van der Waals surface area contributed by atoms with Gasteiger partial charge in [0.1, 0.15) is 0 Å². The van der Waals surface area contributed by atoms with E-state index >= 15 is 0 Å². The van der Waals surface area contributed by atoms with Gasteiger partial charge in [0.15, 0.2) is 16.3 Å². The van der Waals surface area contributed by atoms with E-state index in [0.717, 1.165) is 16.7 Å². The molecule has 0 bridgehead atoms. The summed E-state index contributed by atoms with van der Waals surface area (Å²) in [6.07, 6.45) is 1.73. The zero-order valence-corrected chi connectivity index (χ0v) is 24.3. The number of fused-ring (bicyclic) bond motifs is 2. The number of hydrogen-bond acceptors (Lipinski definition) is 7. The molecule has 9 heteroatoms. The van der Waals surface area contributed by atoms with Crippen LogP contribution in [0.5, 0.6) is 11.5 Å². The Morgan fingerprint density at radius 2 is 1.83 bits per heavy atom. The van der Waals surface area contributed by atoms with Crippen LogP contribution in [0.1, 0.15) is 55.0 Å². The van der Waals surface area contributed by atoms with Crippen molar-refractivity contribution in [2.75, 3.05) is 13.4 Å². The van der Waals surface area contributed by atoms with Crippen molar-refractivity contribution in [2.24, 2.45) is 4.99 Å². The molecule has 1 aromatic heterocycles. The Labute approximate surface area is 245 Å². The normalized spacial score (nSPS) is 16.1. The molecule has 0 saturated carbocycles. The number of benzene rings is 3. The van der Waals surface area contributed by atoms with E-state index in [2.05, 4.69) is 13.8 Å². The van der Waals surface area contributed by atoms with Crippen LogP contribution in [0.4, 0.5) is 0 Å². The van der Waals surface area contributed by atoms with E-state index in [1.165, 1.54) is 11.3 Å². The van der Waals surface area contributed by atoms with Crippen LogP contribution in [-0.4, -0.2) is 23.9 Å². The first-order valence-electron chi connectivity index (χ1n) is 13.3. The first-order valence-corrected chi connectivity index (χ1v) is 14.5. The van der Waals surface area contributed by atoms with Crippen LogP contribution in [0.15, 0.2) is 82.1 Å². The highest BCUT2D eigenvalue weighted by Crippen LogP contribution is 2.38. The fourth-order valence-corrected chi connectivity index (χ4v) is 6.20. The number of esters is 1. The van der Waals surface area contributed by atoms with Crippen molar-refractivity contribution >= 4 is 40.7 Å². The van der Waals surface area contributed by atoms with Crippen LogP contribution < -0.4 is 24.4 Å². The van der Waals surface area contributed by atoms with Gasteiger partial charge in [0.2, 0.25) is 6.79 Å². The minimum atomic E-state index is -0.740. The van der Waals surface area contributed by atoms with Crippen molar-refractivity contribution < 1.29 is 19.0 Å². The van der Waals surface area contributed by atoms with Crippen molar-refractivity contribution in [3.63, 3.8) is 0 Å². The molecule has 2 aliphatic heterocycles. The summed E-state index contributed by atoms with van der Waals surface area (Å²) in [5.41, 5.74) is 3.83. The summed E-state index contributed by atoms with van der Waals surface area (Å²) in [4.78, 5) is 33.1. The molecular formula is C32H27ClN2O5S. The molecule has 6 rings (SSSR count). The van der Waals surface area contributed by atoms with Crippen molar-refractivity contribution in [1.29, 1.82) is 0 Å². The lowest BCUT2D eigenvalue weighted by atomic mass is 9.91. The summed E-state index contributed by atoms with van der Waals surface area (Å²) in [6, 6.07) is 20.2. The lowest BCUT2D eigenvalue weighted by Gasteiger charge is -2.26. The average molecular weight is 587 g/mol. The Kier molecular flexibility index (Phi) is 7.28. The van der Waals surface area contributed by atoms with Crippen molar-refractivity contribution in [3.8, 4) is 11.5 Å². The lowest BCUT2D eigenvalue weighted by Crippen LogP contribution is -2.40. The minimum Gasteiger partial charge on any atom is -0.463 e. The molecule has 7 nitrogen and oxygen atoms in total. The van der Waals surface area contributed by atoms with Gasteiger partial charge < -0.3 is 14.2 Å². The monoisotopic (exact) mass is 586 g/mol. The topological polar surface area (TPSA) is 79.1 Å². The number of halogens is 1. The highest BCUT2D eigenvalue weighted by atomic mass is 35.5. The molecule has 0 spiro atoms. The van der Waals surface area contributed by atoms with Crippen LogP contribution in [0.25, 0.3) is 11.8 Å². The Morgan fingerprint density at radius 3 is 2.51 bits per heavy atom. The summed E-state index contributed by atoms with van der Waals surface area (Å²) in [6.45, 7) is 6.31. The Hall–Kier alpha value is -4.14. The average Bonchev–Trinajstić information content (AvgIpc) is 3.56. The Balaban J connectivity index is 1.62. The predicted molar refractivity (Wildman–Crippen MR) is 159 cm³/mol. The Morgan fingerprint density at radius 1 is 1.12 bits per heavy atom. The van der Waals surface area contributed by atoms with Gasteiger partial charge in [0.05, 0.1) is 33.5 Å². The second-order valence-corrected chi connectivity index (χ2v) is 11.4. The molecule has 2 aliphatic rings. The zero-order chi connectivity index (χ0) is 28.7. The Bertz CT molecular complexity index is 1860. The quantitative estimate of drug-likeness (QED) is 0.281. The second-order valence-electron chi connectivity index (χ2n) is 9.98. The lowest BCUT2D eigenvalue weighted by molar-refractivity contribution is -0.138. The number of rotatable bonds is 6. The third kappa shape index (κ3) is 4.98. The van der Waals surface area contributed by atoms with Crippen LogP contribution in [0.3, 0.4) is 0 Å². The molecule has 3 aromatic carbocycles. The summed E-state index contributed by atoms with van der Waals surface area (Å²) in [5, 5.41) is 0.429. The van der Waals surface area contributed by atoms with Crippen molar-refractivity contribution in [1.82, 2.24) is 4.57 Å². The first-order chi connectivity index (χ1) is 19.9. The third-order valence-electron chi connectivity index (χ3n) is 7.07. The molecule has 0 amide bonds. The van der Waals surface area contributed by atoms with E-state index in [9.17, 15) is 9.59 Å². The number of carbonyl (C=O) groups excluding carboxylic acids is 1. The number of carbonyl (C=O) groups is 1. The molecule has 208 valence electrons. The maximum atomic E-state index is 14.1. The van der Waals surface area contributed by atoms with Crippen molar-refractivity contribution in [3.05, 3.63) is 119 Å². The van der Waals surface area contributed by atoms with Crippen LogP contribution >= 0.6 is 22.9 Å². The van der Waals surface area contributed by atoms with Crippen LogP contribution in [-0.2, 0) is 9.53 Å². The maximum absolute atomic E-state index is 14.1. The van der Waals surface area contributed by atoms with E-state index in [-0.39, 0.29) is 19.0 Å². The van der Waals surface area contributed by atoms with Gasteiger partial charge in [-0.15, -0.1) is 0 Å². The van der Waals surface area contributed by atoms with Gasteiger partial charge in [0, 0.05) is 11.6 Å². The summed E-state index contributed by atoms with van der Waals surface area (Å²) >= 11 is 7.78. The highest BCUT2D eigenvalue weighted by Gasteiger charge is 2.35. The van der Waals surface area contributed by atoms with E-state index in [4.69, 9.17) is 30.8 Å². The smallest absolute Gasteiger partial charge is 0.338 e. The summed E-state index contributed by atoms with van der Waals surface area (Å²) in [7, 11) is 0. The van der Waals surface area contributed by atoms with Crippen LogP contribution in [0, 0.1) is 0 Å². The molecular weight excluding hydrogens is 560 g/mol. The van der Waals surface area contributed by atoms with Gasteiger partial charge in [0.25, 0.3) is 5.56 Å². The standard InChI is InChI=1S/C32H27ClN2O5S/c1-4-38-31(37)27-28(20-8-6-5-7-9-20)34-32-35(29(27)21-12-10-19(11-13-21)18(2)3)30(36)26(41-32)15-22-14-24-25(16-23(22)33)40-17-39-24/h5-16,18,29H,4,17H2,1-3H3/b26-15+. The zero-order valence-electron chi connectivity index (χ0n) is 22.7. The first kappa shape index (κ1) is 27.1. The number of hydrogen-bond donors (Lipinski definition) is 0. The van der Waals surface area contributed by atoms with Gasteiger partial charge in [-0.1, -0.05) is 91.4 Å². The molecule has 0 radical (unpaired) electrons. The van der Waals surface area contributed by atoms with Gasteiger partial charge >= 0.3 is 5.97 Å². The summed E-state index contributed by atoms with van der Waals surface area (Å²) in [5.74, 6) is 0.941. The number of aromatic nitrogens is 1. The van der Waals surface area contributed by atoms with Gasteiger partial charge in [-0.05, 0) is 41.7 Å². The SMILES string of the molecule is CCOC(=O)C1=C(c2ccccc2)N=c2s/c(=C/c3cc4c(cc3Cl)OCO4)c(=O)n2C1c1ccc(C(C)C)cc1. The molecule has 41 heavy (non-hydrogen) atoms. The van der Waals surface area contributed by atoms with E-state index in [1.54, 1.807) is 29.7 Å². The number of ether oxygens (including phenoxy) is 3. The molecule has 0 saturated heterocycles. The molecule has 3 heterocycles. The molecule has 4 aromatic rings. The van der Waals surface area contributed by atoms with Gasteiger partial charge in [-0.3, -0.25) is 9.36 Å². The molecule has 0 fully saturated rings. The summed E-state index contributed by atoms with van der Waals surface area (Å²) < 4.78 is 18.5. The van der Waals surface area contributed by atoms with E-state index < -0.39 is 12.0 Å². The number of nitrogens with zero attached hydrogens (tertiary/aromatic N) is 2. The van der Waals surface area contributed by atoms with Crippen LogP contribution in [0.2, 0.25) is 5.02 Å². The predicted octanol–water partition coefficient (Wildman–Crippen LogP) is 5.44. The van der Waals surface area contributed by atoms with E-state index in [0.29, 0.717) is 48.6 Å². The highest BCUT2D eigenvalue weighted by molar-refractivity contribution is 7.07. The van der Waals surface area contributed by atoms with Crippen molar-refractivity contribution in [2.45, 2.75) is 32.7 Å². The van der Waals surface area contributed by atoms with Gasteiger partial charge in [-0.25, -0.2) is 9.79 Å². The third-order valence-corrected chi connectivity index (χ3v) is 8.38. The minimum absolute atomic E-state index is 0.117. The second kappa shape index (κ2) is 11.0. The maximum Gasteiger partial charge on any atom is 0.338 e. The van der Waals surface area contributed by atoms with Gasteiger partial charge in [-0.2, -0.15) is 0 Å². The number of thiazole rings is 1. The van der Waals surface area contributed by atoms with E-state index in [1.807, 2.05) is 54.6 Å². The molecule has 1 unspecified atom stereocenters. The molecule has 0 N–H and O–H groups in total.